The van der Waals surface area contributed by atoms with Crippen molar-refractivity contribution in [3.05, 3.63) is 0 Å². The zero-order valence-corrected chi connectivity index (χ0v) is 10.2. The van der Waals surface area contributed by atoms with Gasteiger partial charge >= 0.3 is 5.97 Å². The van der Waals surface area contributed by atoms with Crippen LogP contribution in [0.3, 0.4) is 0 Å². The molecule has 0 spiro atoms. The molecular weight excluding hydrogens is 226 g/mol. The average Bonchev–Trinajstić information content (AvgIpc) is 2.34. The molecule has 1 fully saturated rings. The summed E-state index contributed by atoms with van der Waals surface area (Å²) >= 11 is 0. The molecule has 0 aromatic heterocycles. The number of nitrogens with one attached hydrogen (secondary N) is 1. The molecule has 1 amide bonds. The van der Waals surface area contributed by atoms with Crippen molar-refractivity contribution in [2.24, 2.45) is 0 Å². The quantitative estimate of drug-likeness (QED) is 0.682. The smallest absolute Gasteiger partial charge is 0.330 e. The van der Waals surface area contributed by atoms with E-state index in [-0.39, 0.29) is 18.6 Å². The van der Waals surface area contributed by atoms with Gasteiger partial charge in [-0.25, -0.2) is 4.79 Å². The first kappa shape index (κ1) is 13.9. The SMILES string of the molecule is COC(=O)C(COC1CCOCC1)NC(C)=O. The molecule has 0 saturated carbocycles. The predicted molar refractivity (Wildman–Crippen MR) is 59.4 cm³/mol. The van der Waals surface area contributed by atoms with Gasteiger partial charge in [0.05, 0.1) is 19.8 Å². The Kier molecular flexibility index (Phi) is 5.93. The van der Waals surface area contributed by atoms with Crippen molar-refractivity contribution in [2.75, 3.05) is 26.9 Å². The van der Waals surface area contributed by atoms with Crippen molar-refractivity contribution in [1.82, 2.24) is 5.32 Å². The van der Waals surface area contributed by atoms with E-state index in [1.165, 1.54) is 14.0 Å². The Bertz CT molecular complexity index is 263. The van der Waals surface area contributed by atoms with Crippen molar-refractivity contribution >= 4 is 11.9 Å². The summed E-state index contributed by atoms with van der Waals surface area (Å²) in [5.41, 5.74) is 0. The van der Waals surface area contributed by atoms with E-state index in [0.717, 1.165) is 12.8 Å². The largest absolute Gasteiger partial charge is 0.467 e. The molecule has 1 N–H and O–H groups in total. The van der Waals surface area contributed by atoms with Crippen LogP contribution in [0.15, 0.2) is 0 Å². The van der Waals surface area contributed by atoms with Gasteiger partial charge in [0.15, 0.2) is 6.04 Å². The van der Waals surface area contributed by atoms with Crippen LogP contribution in [0.2, 0.25) is 0 Å². The van der Waals surface area contributed by atoms with Crippen LogP contribution < -0.4 is 5.32 Å². The van der Waals surface area contributed by atoms with Crippen molar-refractivity contribution in [3.63, 3.8) is 0 Å². The maximum atomic E-state index is 11.4. The Morgan fingerprint density at radius 2 is 2.06 bits per heavy atom. The Morgan fingerprint density at radius 3 is 2.59 bits per heavy atom. The molecule has 1 rings (SSSR count). The third-order valence-corrected chi connectivity index (χ3v) is 2.53. The lowest BCUT2D eigenvalue weighted by Crippen LogP contribution is -2.44. The van der Waals surface area contributed by atoms with Crippen LogP contribution in [0.1, 0.15) is 19.8 Å². The first-order valence-corrected chi connectivity index (χ1v) is 5.67. The Labute approximate surface area is 101 Å². The average molecular weight is 245 g/mol. The van der Waals surface area contributed by atoms with Crippen LogP contribution in [0.25, 0.3) is 0 Å². The molecule has 0 aliphatic carbocycles. The summed E-state index contributed by atoms with van der Waals surface area (Å²) in [5, 5.41) is 2.50. The van der Waals surface area contributed by atoms with Crippen LogP contribution in [-0.4, -0.2) is 51.0 Å². The summed E-state index contributed by atoms with van der Waals surface area (Å²) in [6.45, 7) is 2.84. The predicted octanol–water partition coefficient (Wildman–Crippen LogP) is -0.140. The molecule has 6 nitrogen and oxygen atoms in total. The van der Waals surface area contributed by atoms with Crippen LogP contribution in [0.4, 0.5) is 0 Å². The zero-order chi connectivity index (χ0) is 12.7. The van der Waals surface area contributed by atoms with Gasteiger partial charge in [-0.3, -0.25) is 4.79 Å². The van der Waals surface area contributed by atoms with E-state index < -0.39 is 12.0 Å². The van der Waals surface area contributed by atoms with E-state index in [4.69, 9.17) is 9.47 Å². The second-order valence-electron chi connectivity index (χ2n) is 3.92. The van der Waals surface area contributed by atoms with Crippen LogP contribution in [0, 0.1) is 0 Å². The van der Waals surface area contributed by atoms with Gasteiger partial charge in [-0.2, -0.15) is 0 Å². The van der Waals surface area contributed by atoms with Crippen molar-refractivity contribution in [2.45, 2.75) is 31.9 Å². The molecule has 1 aliphatic heterocycles. The van der Waals surface area contributed by atoms with E-state index in [1.54, 1.807) is 0 Å². The highest BCUT2D eigenvalue weighted by atomic mass is 16.5. The molecule has 0 bridgehead atoms. The highest BCUT2D eigenvalue weighted by molar-refractivity contribution is 5.83. The molecule has 1 aliphatic rings. The molecule has 1 atom stereocenters. The summed E-state index contributed by atoms with van der Waals surface area (Å²) in [6, 6.07) is -0.736. The van der Waals surface area contributed by atoms with E-state index in [1.807, 2.05) is 0 Å². The lowest BCUT2D eigenvalue weighted by Gasteiger charge is -2.24. The molecule has 17 heavy (non-hydrogen) atoms. The normalized spacial score (nSPS) is 18.5. The number of carbonyl (C=O) groups is 2. The van der Waals surface area contributed by atoms with Gasteiger partial charge < -0.3 is 19.5 Å². The second-order valence-corrected chi connectivity index (χ2v) is 3.92. The van der Waals surface area contributed by atoms with Gasteiger partial charge in [0.2, 0.25) is 5.91 Å². The summed E-state index contributed by atoms with van der Waals surface area (Å²) in [4.78, 5) is 22.3. The minimum atomic E-state index is -0.736. The fraction of sp³-hybridized carbons (Fsp3) is 0.818. The minimum absolute atomic E-state index is 0.0877. The zero-order valence-electron chi connectivity index (χ0n) is 10.2. The number of hydrogen-bond donors (Lipinski definition) is 1. The molecule has 1 unspecified atom stereocenters. The highest BCUT2D eigenvalue weighted by Crippen LogP contribution is 2.10. The third-order valence-electron chi connectivity index (χ3n) is 2.53. The molecule has 0 aromatic carbocycles. The van der Waals surface area contributed by atoms with Gasteiger partial charge in [0.1, 0.15) is 0 Å². The number of esters is 1. The first-order valence-electron chi connectivity index (χ1n) is 5.67. The van der Waals surface area contributed by atoms with Gasteiger partial charge in [-0.05, 0) is 12.8 Å². The number of ether oxygens (including phenoxy) is 3. The lowest BCUT2D eigenvalue weighted by molar-refractivity contribution is -0.148. The molecule has 98 valence electrons. The highest BCUT2D eigenvalue weighted by Gasteiger charge is 2.23. The second kappa shape index (κ2) is 7.24. The maximum absolute atomic E-state index is 11.4. The fourth-order valence-electron chi connectivity index (χ4n) is 1.63. The van der Waals surface area contributed by atoms with Gasteiger partial charge in [0.25, 0.3) is 0 Å². The van der Waals surface area contributed by atoms with Crippen LogP contribution in [0.5, 0.6) is 0 Å². The van der Waals surface area contributed by atoms with E-state index >= 15 is 0 Å². The molecular formula is C11H19NO5. The fourth-order valence-corrected chi connectivity index (χ4v) is 1.63. The topological polar surface area (TPSA) is 73.9 Å². The number of methoxy groups -OCH3 is 1. The van der Waals surface area contributed by atoms with Crippen molar-refractivity contribution < 1.29 is 23.8 Å². The van der Waals surface area contributed by atoms with Crippen LogP contribution >= 0.6 is 0 Å². The van der Waals surface area contributed by atoms with Crippen molar-refractivity contribution in [1.29, 1.82) is 0 Å². The molecule has 0 aromatic rings. The minimum Gasteiger partial charge on any atom is -0.467 e. The van der Waals surface area contributed by atoms with E-state index in [2.05, 4.69) is 10.1 Å². The summed E-state index contributed by atoms with van der Waals surface area (Å²) < 4.78 is 15.4. The Balaban J connectivity index is 2.36. The lowest BCUT2D eigenvalue weighted by atomic mass is 10.1. The number of rotatable bonds is 5. The van der Waals surface area contributed by atoms with Crippen molar-refractivity contribution in [3.8, 4) is 0 Å². The van der Waals surface area contributed by atoms with E-state index in [9.17, 15) is 9.59 Å². The number of carbonyl (C=O) groups excluding carboxylic acids is 2. The van der Waals surface area contributed by atoms with Gasteiger partial charge in [-0.1, -0.05) is 0 Å². The number of amides is 1. The Hall–Kier alpha value is -1.14. The molecule has 1 heterocycles. The van der Waals surface area contributed by atoms with E-state index in [0.29, 0.717) is 13.2 Å². The first-order chi connectivity index (χ1) is 8.13. The molecule has 1 saturated heterocycles. The Morgan fingerprint density at radius 1 is 1.41 bits per heavy atom. The third kappa shape index (κ3) is 5.14. The standard InChI is InChI=1S/C11H19NO5/c1-8(13)12-10(11(14)15-2)7-17-9-3-5-16-6-4-9/h9-10H,3-7H2,1-2H3,(H,12,13). The summed E-state index contributed by atoms with van der Waals surface area (Å²) in [6.07, 6.45) is 1.71. The van der Waals surface area contributed by atoms with Gasteiger partial charge in [-0.15, -0.1) is 0 Å². The summed E-state index contributed by atoms with van der Waals surface area (Å²) in [7, 11) is 1.28. The molecule has 6 heteroatoms. The van der Waals surface area contributed by atoms with Crippen LogP contribution in [-0.2, 0) is 23.8 Å². The van der Waals surface area contributed by atoms with Gasteiger partial charge in [0, 0.05) is 20.1 Å². The number of hydrogen-bond acceptors (Lipinski definition) is 5. The summed E-state index contributed by atoms with van der Waals surface area (Å²) in [5.74, 6) is -0.775. The molecule has 0 radical (unpaired) electrons. The maximum Gasteiger partial charge on any atom is 0.330 e. The monoisotopic (exact) mass is 245 g/mol.